The van der Waals surface area contributed by atoms with E-state index in [1.54, 1.807) is 6.20 Å². The largest absolute Gasteiger partial charge is 0.456 e. The first-order valence-corrected chi connectivity index (χ1v) is 18.7. The van der Waals surface area contributed by atoms with E-state index >= 15 is 0 Å². The third-order valence-electron chi connectivity index (χ3n) is 11.1. The lowest BCUT2D eigenvalue weighted by Crippen LogP contribution is -2.02. The molecule has 0 spiro atoms. The number of rotatable bonds is 4. The van der Waals surface area contributed by atoms with E-state index in [0.29, 0.717) is 17.5 Å². The van der Waals surface area contributed by atoms with Crippen molar-refractivity contribution >= 4 is 76.1 Å². The van der Waals surface area contributed by atoms with Gasteiger partial charge in [0.25, 0.3) is 0 Å². The summed E-state index contributed by atoms with van der Waals surface area (Å²) in [7, 11) is 0. The van der Waals surface area contributed by atoms with Crippen LogP contribution in [-0.2, 0) is 0 Å². The maximum absolute atomic E-state index is 6.28. The lowest BCUT2D eigenvalue weighted by atomic mass is 9.99. The summed E-state index contributed by atoms with van der Waals surface area (Å²) in [6.45, 7) is 0. The second-order valence-electron chi connectivity index (χ2n) is 14.3. The van der Waals surface area contributed by atoms with Crippen molar-refractivity contribution in [2.75, 3.05) is 0 Å². The summed E-state index contributed by atoms with van der Waals surface area (Å²) >= 11 is 0. The smallest absolute Gasteiger partial charge is 0.164 e. The number of aromatic nitrogens is 5. The first-order chi connectivity index (χ1) is 27.7. The molecule has 6 heteroatoms. The average molecular weight is 716 g/mol. The van der Waals surface area contributed by atoms with Gasteiger partial charge in [-0.15, -0.1) is 0 Å². The van der Waals surface area contributed by atoms with Gasteiger partial charge in [-0.1, -0.05) is 115 Å². The van der Waals surface area contributed by atoms with E-state index in [2.05, 4.69) is 161 Å². The van der Waals surface area contributed by atoms with Gasteiger partial charge in [-0.05, 0) is 75.5 Å². The van der Waals surface area contributed by atoms with E-state index in [1.807, 2.05) is 18.3 Å². The van der Waals surface area contributed by atoms with Gasteiger partial charge in [0.15, 0.2) is 17.5 Å². The number of benzene rings is 8. The molecule has 0 N–H and O–H groups in total. The van der Waals surface area contributed by atoms with E-state index in [-0.39, 0.29) is 0 Å². The minimum absolute atomic E-state index is 0.569. The Balaban J connectivity index is 1.09. The quantitative estimate of drug-likeness (QED) is 0.170. The molecule has 56 heavy (non-hydrogen) atoms. The third-order valence-corrected chi connectivity index (χ3v) is 11.1. The highest BCUT2D eigenvalue weighted by molar-refractivity contribution is 6.12. The first-order valence-electron chi connectivity index (χ1n) is 18.7. The molecule has 12 rings (SSSR count). The SMILES string of the molecule is c1ccc2c(c1)ccc1cc(-c3nc(-c4ccc5c(c4)oc4ccncc45)nc(-c4ccc(-n5c6ccccc6c6ccccc65)c5ccccc45)n3)ccc12. The van der Waals surface area contributed by atoms with Crippen molar-refractivity contribution in [1.29, 1.82) is 0 Å². The van der Waals surface area contributed by atoms with Gasteiger partial charge in [0.1, 0.15) is 11.2 Å². The van der Waals surface area contributed by atoms with Crippen molar-refractivity contribution in [2.24, 2.45) is 0 Å². The Labute approximate surface area is 320 Å². The normalized spacial score (nSPS) is 11.9. The van der Waals surface area contributed by atoms with Gasteiger partial charge >= 0.3 is 0 Å². The molecule has 6 nitrogen and oxygen atoms in total. The molecule has 260 valence electrons. The zero-order valence-corrected chi connectivity index (χ0v) is 29.9. The van der Waals surface area contributed by atoms with E-state index in [0.717, 1.165) is 71.5 Å². The molecule has 0 radical (unpaired) electrons. The topological polar surface area (TPSA) is 69.6 Å². The van der Waals surface area contributed by atoms with Gasteiger partial charge < -0.3 is 8.98 Å². The van der Waals surface area contributed by atoms with Crippen LogP contribution < -0.4 is 0 Å². The van der Waals surface area contributed by atoms with Crippen molar-refractivity contribution in [3.05, 3.63) is 176 Å². The van der Waals surface area contributed by atoms with Crippen LogP contribution in [0.15, 0.2) is 181 Å². The summed E-state index contributed by atoms with van der Waals surface area (Å²) in [5, 5.41) is 11.3. The Morgan fingerprint density at radius 2 is 1.00 bits per heavy atom. The van der Waals surface area contributed by atoms with Crippen molar-refractivity contribution < 1.29 is 4.42 Å². The van der Waals surface area contributed by atoms with E-state index in [9.17, 15) is 0 Å². The number of pyridine rings is 1. The second kappa shape index (κ2) is 11.9. The monoisotopic (exact) mass is 715 g/mol. The summed E-state index contributed by atoms with van der Waals surface area (Å²) in [4.78, 5) is 20.0. The van der Waals surface area contributed by atoms with E-state index < -0.39 is 0 Å². The van der Waals surface area contributed by atoms with Crippen LogP contribution in [0.3, 0.4) is 0 Å². The van der Waals surface area contributed by atoms with Crippen LogP contribution in [0.4, 0.5) is 0 Å². The van der Waals surface area contributed by atoms with Crippen molar-refractivity contribution in [2.45, 2.75) is 0 Å². The molecule has 0 fully saturated rings. The molecule has 0 saturated carbocycles. The molecular formula is C50H29N5O. The molecule has 0 aliphatic heterocycles. The Hall–Kier alpha value is -7.70. The maximum atomic E-state index is 6.28. The first kappa shape index (κ1) is 30.7. The molecule has 0 aliphatic carbocycles. The van der Waals surface area contributed by atoms with Crippen LogP contribution in [0, 0.1) is 0 Å². The summed E-state index contributed by atoms with van der Waals surface area (Å²) in [6, 6.07) is 57.5. The van der Waals surface area contributed by atoms with Crippen LogP contribution in [0.1, 0.15) is 0 Å². The molecule has 0 aliphatic rings. The van der Waals surface area contributed by atoms with Gasteiger partial charge in [0.2, 0.25) is 0 Å². The maximum Gasteiger partial charge on any atom is 0.164 e. The lowest BCUT2D eigenvalue weighted by Gasteiger charge is -2.15. The minimum atomic E-state index is 0.569. The van der Waals surface area contributed by atoms with Crippen LogP contribution in [-0.4, -0.2) is 24.5 Å². The number of fused-ring (bicyclic) bond motifs is 10. The van der Waals surface area contributed by atoms with Crippen molar-refractivity contribution in [3.63, 3.8) is 0 Å². The van der Waals surface area contributed by atoms with Gasteiger partial charge in [-0.25, -0.2) is 15.0 Å². The molecule has 12 aromatic rings. The molecule has 4 aromatic heterocycles. The fourth-order valence-corrected chi connectivity index (χ4v) is 8.52. The standard InChI is InChI=1S/C50H29N5O/c1-2-10-34-30(9-1)17-18-31-27-32(19-21-35(31)34)48-52-49(33-20-22-40-42-29-51-26-25-46(42)56-47(40)28-33)54-50(53-48)41-23-24-45(37-12-4-3-11-36(37)41)55-43-15-7-5-13-38(43)39-14-6-8-16-44(39)55/h1-29H. The van der Waals surface area contributed by atoms with E-state index in [4.69, 9.17) is 19.4 Å². The predicted molar refractivity (Wildman–Crippen MR) is 228 cm³/mol. The third kappa shape index (κ3) is 4.63. The number of furan rings is 1. The van der Waals surface area contributed by atoms with Gasteiger partial charge in [-0.3, -0.25) is 4.98 Å². The number of hydrogen-bond donors (Lipinski definition) is 0. The predicted octanol–water partition coefficient (Wildman–Crippen LogP) is 12.7. The summed E-state index contributed by atoms with van der Waals surface area (Å²) in [5.41, 5.74) is 7.66. The highest BCUT2D eigenvalue weighted by Crippen LogP contribution is 2.39. The molecule has 0 atom stereocenters. The second-order valence-corrected chi connectivity index (χ2v) is 14.3. The Bertz CT molecular complexity index is 3510. The molecule has 0 bridgehead atoms. The fourth-order valence-electron chi connectivity index (χ4n) is 8.52. The zero-order chi connectivity index (χ0) is 36.7. The van der Waals surface area contributed by atoms with Crippen molar-refractivity contribution in [1.82, 2.24) is 24.5 Å². The summed E-state index contributed by atoms with van der Waals surface area (Å²) < 4.78 is 8.65. The fraction of sp³-hybridized carbons (Fsp3) is 0. The van der Waals surface area contributed by atoms with Crippen LogP contribution in [0.5, 0.6) is 0 Å². The highest BCUT2D eigenvalue weighted by Gasteiger charge is 2.19. The highest BCUT2D eigenvalue weighted by atomic mass is 16.3. The Morgan fingerprint density at radius 3 is 1.79 bits per heavy atom. The molecule has 4 heterocycles. The summed E-state index contributed by atoms with van der Waals surface area (Å²) in [5.74, 6) is 1.77. The number of nitrogens with zero attached hydrogens (tertiary/aromatic N) is 5. The minimum Gasteiger partial charge on any atom is -0.456 e. The average Bonchev–Trinajstić information content (AvgIpc) is 3.81. The van der Waals surface area contributed by atoms with E-state index in [1.165, 1.54) is 26.9 Å². The number of para-hydroxylation sites is 2. The molecular weight excluding hydrogens is 687 g/mol. The molecule has 8 aromatic carbocycles. The van der Waals surface area contributed by atoms with Gasteiger partial charge in [0, 0.05) is 56.0 Å². The lowest BCUT2D eigenvalue weighted by molar-refractivity contribution is 0.668. The number of hydrogen-bond acceptors (Lipinski definition) is 5. The van der Waals surface area contributed by atoms with Crippen molar-refractivity contribution in [3.8, 4) is 39.9 Å². The Kier molecular flexibility index (Phi) is 6.53. The molecule has 0 unspecified atom stereocenters. The Morgan fingerprint density at radius 1 is 0.393 bits per heavy atom. The molecule has 0 amide bonds. The van der Waals surface area contributed by atoms with Crippen LogP contribution >= 0.6 is 0 Å². The summed E-state index contributed by atoms with van der Waals surface area (Å²) in [6.07, 6.45) is 3.59. The van der Waals surface area contributed by atoms with Crippen LogP contribution in [0.25, 0.3) is 116 Å². The van der Waals surface area contributed by atoms with Gasteiger partial charge in [-0.2, -0.15) is 0 Å². The van der Waals surface area contributed by atoms with Gasteiger partial charge in [0.05, 0.1) is 16.7 Å². The zero-order valence-electron chi connectivity index (χ0n) is 29.9. The van der Waals surface area contributed by atoms with Crippen LogP contribution in [0.2, 0.25) is 0 Å². The molecule has 0 saturated heterocycles.